The number of halogens is 1. The van der Waals surface area contributed by atoms with E-state index in [1.165, 1.54) is 0 Å². The third kappa shape index (κ3) is 6.94. The summed E-state index contributed by atoms with van der Waals surface area (Å²) >= 11 is 0. The fourth-order valence-corrected chi connectivity index (χ4v) is 4.95. The number of carbonyl (C=O) groups excluding carboxylic acids is 1. The number of piperidine rings is 1. The summed E-state index contributed by atoms with van der Waals surface area (Å²) in [7, 11) is 0. The molecule has 0 aliphatic carbocycles. The zero-order valence-electron chi connectivity index (χ0n) is 21.2. The van der Waals surface area contributed by atoms with Gasteiger partial charge in [-0.2, -0.15) is 0 Å². The first-order valence-electron chi connectivity index (χ1n) is 12.7. The summed E-state index contributed by atoms with van der Waals surface area (Å²) in [6.07, 6.45) is 6.02. The normalized spacial score (nSPS) is 14.8. The van der Waals surface area contributed by atoms with Crippen molar-refractivity contribution in [2.45, 2.75) is 31.1 Å². The van der Waals surface area contributed by atoms with Crippen LogP contribution in [0.1, 0.15) is 52.7 Å². The van der Waals surface area contributed by atoms with Gasteiger partial charge in [-0.25, -0.2) is 14.0 Å². The lowest BCUT2D eigenvalue weighted by Gasteiger charge is -2.33. The number of aromatic nitrogens is 1. The molecule has 39 heavy (non-hydrogen) atoms. The first-order chi connectivity index (χ1) is 18.8. The van der Waals surface area contributed by atoms with E-state index in [2.05, 4.69) is 9.88 Å². The minimum Gasteiger partial charge on any atom is -0.473 e. The highest BCUT2D eigenvalue weighted by molar-refractivity contribution is 6.27. The van der Waals surface area contributed by atoms with Crippen LogP contribution in [0.2, 0.25) is 0 Å². The van der Waals surface area contributed by atoms with Crippen LogP contribution in [0, 0.1) is 5.82 Å². The number of likely N-dealkylation sites (tertiary alicyclic amines) is 1. The Morgan fingerprint density at radius 1 is 0.949 bits per heavy atom. The Morgan fingerprint density at radius 2 is 1.64 bits per heavy atom. The summed E-state index contributed by atoms with van der Waals surface area (Å²) in [4.78, 5) is 38.4. The number of benzene rings is 2. The first kappa shape index (κ1) is 27.7. The van der Waals surface area contributed by atoms with Gasteiger partial charge in [-0.05, 0) is 74.6 Å². The van der Waals surface area contributed by atoms with E-state index in [9.17, 15) is 9.18 Å². The smallest absolute Gasteiger partial charge is 0.414 e. The van der Waals surface area contributed by atoms with E-state index in [1.54, 1.807) is 24.6 Å². The van der Waals surface area contributed by atoms with Crippen LogP contribution in [0.5, 0.6) is 0 Å². The summed E-state index contributed by atoms with van der Waals surface area (Å²) < 4.78 is 19.6. The van der Waals surface area contributed by atoms with Crippen molar-refractivity contribution in [3.05, 3.63) is 102 Å². The molecule has 1 aliphatic rings. The highest BCUT2D eigenvalue weighted by Gasteiger charge is 2.27. The molecule has 0 bridgehead atoms. The van der Waals surface area contributed by atoms with Gasteiger partial charge in [0.05, 0.1) is 23.3 Å². The van der Waals surface area contributed by atoms with Gasteiger partial charge in [-0.1, -0.05) is 42.5 Å². The molecule has 9 heteroatoms. The number of pyridine rings is 1. The number of carboxylic acid groups (broad SMARTS) is 2. The van der Waals surface area contributed by atoms with Gasteiger partial charge in [0.2, 0.25) is 0 Å². The molecule has 0 saturated carbocycles. The monoisotopic (exact) mass is 532 g/mol. The van der Waals surface area contributed by atoms with E-state index < -0.39 is 11.9 Å². The van der Waals surface area contributed by atoms with Gasteiger partial charge in [0.15, 0.2) is 5.78 Å². The number of ketones is 1. The van der Waals surface area contributed by atoms with Crippen LogP contribution < -0.4 is 0 Å². The van der Waals surface area contributed by atoms with Gasteiger partial charge in [0.25, 0.3) is 0 Å². The third-order valence-electron chi connectivity index (χ3n) is 6.96. The largest absolute Gasteiger partial charge is 0.473 e. The molecule has 0 amide bonds. The Morgan fingerprint density at radius 3 is 2.28 bits per heavy atom. The van der Waals surface area contributed by atoms with Crippen LogP contribution in [0.4, 0.5) is 4.39 Å². The number of hydrogen-bond acceptors (Lipinski definition) is 6. The molecule has 0 radical (unpaired) electrons. The number of nitrogens with zero attached hydrogens (tertiary/aromatic N) is 2. The van der Waals surface area contributed by atoms with Crippen LogP contribution in [-0.2, 0) is 9.59 Å². The molecule has 3 heterocycles. The van der Waals surface area contributed by atoms with Crippen LogP contribution in [-0.4, -0.2) is 57.5 Å². The molecule has 1 unspecified atom stereocenters. The predicted molar refractivity (Wildman–Crippen MR) is 142 cm³/mol. The van der Waals surface area contributed by atoms with Crippen molar-refractivity contribution in [1.29, 1.82) is 0 Å². The number of carboxylic acids is 2. The number of Topliss-reactive ketones (excluding diaryl/α,β-unsaturated/α-hetero) is 1. The van der Waals surface area contributed by atoms with Crippen LogP contribution in [0.15, 0.2) is 83.6 Å². The lowest BCUT2D eigenvalue weighted by atomic mass is 9.87. The average molecular weight is 533 g/mol. The van der Waals surface area contributed by atoms with Crippen molar-refractivity contribution in [3.8, 4) is 0 Å². The Hall–Kier alpha value is -4.37. The molecule has 4 aromatic rings. The van der Waals surface area contributed by atoms with E-state index in [-0.39, 0.29) is 17.5 Å². The zero-order valence-corrected chi connectivity index (χ0v) is 21.2. The summed E-state index contributed by atoms with van der Waals surface area (Å²) in [5.74, 6) is -3.66. The molecular weight excluding hydrogens is 503 g/mol. The maximum Gasteiger partial charge on any atom is 0.414 e. The zero-order chi connectivity index (χ0) is 27.8. The molecular formula is C30H29FN2O6. The van der Waals surface area contributed by atoms with Crippen molar-refractivity contribution in [2.24, 2.45) is 0 Å². The van der Waals surface area contributed by atoms with Crippen molar-refractivity contribution in [2.75, 3.05) is 19.6 Å². The highest BCUT2D eigenvalue weighted by Crippen LogP contribution is 2.35. The van der Waals surface area contributed by atoms with Gasteiger partial charge in [-0.3, -0.25) is 9.78 Å². The Balaban J connectivity index is 0.000000531. The standard InChI is InChI=1S/C28H27FN2O2.C2H2O4/c29-25-10-9-22(28-23(25)14-19-33-28)20-11-16-31(17-12-20)18-13-24(26-8-4-5-15-30-26)27(32)21-6-2-1-3-7-21;3-1(4)2(5)6/h1-10,14-15,19-20,24H,11-13,16-18H2;(H,3,4)(H,5,6). The van der Waals surface area contributed by atoms with Gasteiger partial charge in [-0.15, -0.1) is 0 Å². The maximum atomic E-state index is 14.0. The van der Waals surface area contributed by atoms with E-state index in [4.69, 9.17) is 24.2 Å². The summed E-state index contributed by atoms with van der Waals surface area (Å²) in [6, 6.07) is 20.4. The second-order valence-corrected chi connectivity index (χ2v) is 9.35. The molecule has 202 valence electrons. The molecule has 0 spiro atoms. The second-order valence-electron chi connectivity index (χ2n) is 9.35. The lowest BCUT2D eigenvalue weighted by Crippen LogP contribution is -2.35. The van der Waals surface area contributed by atoms with Gasteiger partial charge in [0, 0.05) is 11.8 Å². The topological polar surface area (TPSA) is 121 Å². The van der Waals surface area contributed by atoms with Gasteiger partial charge in [0.1, 0.15) is 11.4 Å². The molecule has 1 fully saturated rings. The fourth-order valence-electron chi connectivity index (χ4n) is 4.95. The van der Waals surface area contributed by atoms with E-state index >= 15 is 0 Å². The quantitative estimate of drug-likeness (QED) is 0.241. The van der Waals surface area contributed by atoms with E-state index in [0.717, 1.165) is 55.7 Å². The molecule has 1 saturated heterocycles. The van der Waals surface area contributed by atoms with Crippen LogP contribution in [0.3, 0.4) is 0 Å². The number of fused-ring (bicyclic) bond motifs is 1. The first-order valence-corrected chi connectivity index (χ1v) is 12.7. The molecule has 5 rings (SSSR count). The van der Waals surface area contributed by atoms with E-state index in [1.807, 2.05) is 54.6 Å². The van der Waals surface area contributed by atoms with E-state index in [0.29, 0.717) is 16.9 Å². The highest BCUT2D eigenvalue weighted by atomic mass is 19.1. The Kier molecular flexibility index (Phi) is 9.17. The van der Waals surface area contributed by atoms with Crippen LogP contribution >= 0.6 is 0 Å². The molecule has 2 N–H and O–H groups in total. The molecule has 2 aromatic carbocycles. The van der Waals surface area contributed by atoms with Crippen molar-refractivity contribution in [1.82, 2.24) is 9.88 Å². The van der Waals surface area contributed by atoms with Crippen LogP contribution in [0.25, 0.3) is 11.0 Å². The number of rotatable bonds is 7. The fraction of sp³-hybridized carbons (Fsp3) is 0.267. The number of aliphatic carboxylic acids is 2. The number of carbonyl (C=O) groups is 3. The maximum absolute atomic E-state index is 14.0. The molecule has 8 nitrogen and oxygen atoms in total. The molecule has 1 aliphatic heterocycles. The molecule has 2 aromatic heterocycles. The minimum absolute atomic E-state index is 0.121. The predicted octanol–water partition coefficient (Wildman–Crippen LogP) is 5.36. The second kappa shape index (κ2) is 12.9. The molecule has 1 atom stereocenters. The summed E-state index contributed by atoms with van der Waals surface area (Å²) in [5, 5.41) is 15.3. The van der Waals surface area contributed by atoms with Gasteiger partial charge >= 0.3 is 11.9 Å². The Labute approximate surface area is 224 Å². The van der Waals surface area contributed by atoms with Crippen molar-refractivity contribution in [3.63, 3.8) is 0 Å². The summed E-state index contributed by atoms with van der Waals surface area (Å²) in [5.41, 5.74) is 3.33. The van der Waals surface area contributed by atoms with Crippen molar-refractivity contribution < 1.29 is 33.4 Å². The summed E-state index contributed by atoms with van der Waals surface area (Å²) in [6.45, 7) is 2.73. The Bertz CT molecular complexity index is 1400. The number of hydrogen-bond donors (Lipinski definition) is 2. The van der Waals surface area contributed by atoms with Crippen molar-refractivity contribution >= 4 is 28.7 Å². The third-order valence-corrected chi connectivity index (χ3v) is 6.96. The minimum atomic E-state index is -1.82. The van der Waals surface area contributed by atoms with Gasteiger partial charge < -0.3 is 19.5 Å². The SMILES string of the molecule is O=C(O)C(=O)O.O=C(c1ccccc1)C(CCN1CCC(c2ccc(F)c3ccoc23)CC1)c1ccccn1. The average Bonchev–Trinajstić information content (AvgIpc) is 3.46. The lowest BCUT2D eigenvalue weighted by molar-refractivity contribution is -0.159. The number of furan rings is 1.